The van der Waals surface area contributed by atoms with Crippen molar-refractivity contribution < 1.29 is 9.66 Å². The van der Waals surface area contributed by atoms with Gasteiger partial charge in [0.25, 0.3) is 5.69 Å². The minimum Gasteiger partial charge on any atom is -0.382 e. The van der Waals surface area contributed by atoms with Crippen molar-refractivity contribution in [2.24, 2.45) is 0 Å². The Kier molecular flexibility index (Phi) is 6.50. The van der Waals surface area contributed by atoms with Crippen molar-refractivity contribution >= 4 is 5.69 Å². The van der Waals surface area contributed by atoms with Gasteiger partial charge in [0.05, 0.1) is 16.6 Å². The van der Waals surface area contributed by atoms with Gasteiger partial charge in [-0.1, -0.05) is 12.1 Å². The molecule has 6 heteroatoms. The van der Waals surface area contributed by atoms with Crippen molar-refractivity contribution in [1.29, 1.82) is 5.26 Å². The standard InChI is InChI=1S/C13H17N3O3/c1-2-19-9-5-8-15-12(10-14)11-6-3-4-7-13(11)16(17)18/h3-4,6-7,12,15H,2,5,8-9H2,1H3. The highest BCUT2D eigenvalue weighted by molar-refractivity contribution is 5.44. The van der Waals surface area contributed by atoms with Crippen LogP contribution in [-0.2, 0) is 4.74 Å². The van der Waals surface area contributed by atoms with Crippen LogP contribution >= 0.6 is 0 Å². The molecule has 102 valence electrons. The number of ether oxygens (including phenoxy) is 1. The number of benzene rings is 1. The highest BCUT2D eigenvalue weighted by Gasteiger charge is 2.20. The average molecular weight is 263 g/mol. The zero-order valence-electron chi connectivity index (χ0n) is 10.8. The van der Waals surface area contributed by atoms with Gasteiger partial charge < -0.3 is 4.74 Å². The Balaban J connectivity index is 2.65. The van der Waals surface area contributed by atoms with Crippen LogP contribution in [0.4, 0.5) is 5.69 Å². The average Bonchev–Trinajstić information content (AvgIpc) is 2.43. The van der Waals surface area contributed by atoms with Crippen molar-refractivity contribution in [2.45, 2.75) is 19.4 Å². The molecular weight excluding hydrogens is 246 g/mol. The van der Waals surface area contributed by atoms with E-state index in [0.29, 0.717) is 25.3 Å². The van der Waals surface area contributed by atoms with E-state index in [9.17, 15) is 10.1 Å². The van der Waals surface area contributed by atoms with Gasteiger partial charge in [-0.15, -0.1) is 0 Å². The zero-order chi connectivity index (χ0) is 14.1. The predicted molar refractivity (Wildman–Crippen MR) is 70.6 cm³/mol. The van der Waals surface area contributed by atoms with Crippen LogP contribution < -0.4 is 5.32 Å². The van der Waals surface area contributed by atoms with Gasteiger partial charge in [0.15, 0.2) is 0 Å². The second-order valence-corrected chi connectivity index (χ2v) is 3.88. The van der Waals surface area contributed by atoms with Crippen molar-refractivity contribution in [3.63, 3.8) is 0 Å². The fourth-order valence-corrected chi connectivity index (χ4v) is 1.69. The SMILES string of the molecule is CCOCCCNC(C#N)c1ccccc1[N+](=O)[O-]. The minimum atomic E-state index is -0.678. The molecule has 0 bridgehead atoms. The van der Waals surface area contributed by atoms with Crippen LogP contribution in [0.5, 0.6) is 0 Å². The van der Waals surface area contributed by atoms with E-state index in [1.54, 1.807) is 18.2 Å². The number of nitriles is 1. The Hall–Kier alpha value is -1.97. The summed E-state index contributed by atoms with van der Waals surface area (Å²) in [6.07, 6.45) is 0.757. The van der Waals surface area contributed by atoms with Crippen LogP contribution in [0, 0.1) is 21.4 Å². The molecule has 1 atom stereocenters. The summed E-state index contributed by atoms with van der Waals surface area (Å²) in [5.74, 6) is 0. The molecule has 6 nitrogen and oxygen atoms in total. The maximum Gasteiger partial charge on any atom is 0.275 e. The summed E-state index contributed by atoms with van der Waals surface area (Å²) in [5, 5.41) is 23.0. The van der Waals surface area contributed by atoms with E-state index in [4.69, 9.17) is 10.00 Å². The lowest BCUT2D eigenvalue weighted by Gasteiger charge is -2.11. The van der Waals surface area contributed by atoms with Gasteiger partial charge in [-0.3, -0.25) is 15.4 Å². The fourth-order valence-electron chi connectivity index (χ4n) is 1.69. The Bertz CT molecular complexity index is 457. The van der Waals surface area contributed by atoms with Crippen LogP contribution in [0.25, 0.3) is 0 Å². The predicted octanol–water partition coefficient (Wildman–Crippen LogP) is 2.18. The van der Waals surface area contributed by atoms with Crippen LogP contribution in [0.1, 0.15) is 24.9 Å². The first-order chi connectivity index (χ1) is 9.20. The van der Waals surface area contributed by atoms with Gasteiger partial charge in [0, 0.05) is 19.3 Å². The highest BCUT2D eigenvalue weighted by Crippen LogP contribution is 2.24. The highest BCUT2D eigenvalue weighted by atomic mass is 16.6. The monoisotopic (exact) mass is 263 g/mol. The number of hydrogen-bond acceptors (Lipinski definition) is 5. The van der Waals surface area contributed by atoms with E-state index in [1.165, 1.54) is 6.07 Å². The van der Waals surface area contributed by atoms with Crippen LogP contribution in [0.15, 0.2) is 24.3 Å². The molecule has 0 heterocycles. The van der Waals surface area contributed by atoms with Gasteiger partial charge in [0.1, 0.15) is 6.04 Å². The normalized spacial score (nSPS) is 11.8. The molecule has 0 spiro atoms. The van der Waals surface area contributed by atoms with E-state index >= 15 is 0 Å². The quantitative estimate of drug-likeness (QED) is 0.441. The number of nitro benzene ring substituents is 1. The first-order valence-electron chi connectivity index (χ1n) is 6.14. The number of nitrogens with zero attached hydrogens (tertiary/aromatic N) is 2. The summed E-state index contributed by atoms with van der Waals surface area (Å²) < 4.78 is 5.19. The molecule has 0 amide bonds. The van der Waals surface area contributed by atoms with Gasteiger partial charge in [-0.05, 0) is 26.0 Å². The van der Waals surface area contributed by atoms with E-state index in [-0.39, 0.29) is 5.69 Å². The maximum atomic E-state index is 10.9. The Morgan fingerprint density at radius 1 is 1.53 bits per heavy atom. The number of para-hydroxylation sites is 1. The lowest BCUT2D eigenvalue weighted by Crippen LogP contribution is -2.23. The Morgan fingerprint density at radius 3 is 2.89 bits per heavy atom. The lowest BCUT2D eigenvalue weighted by atomic mass is 10.1. The zero-order valence-corrected chi connectivity index (χ0v) is 10.8. The number of nitro groups is 1. The van der Waals surface area contributed by atoms with Crippen LogP contribution in [0.2, 0.25) is 0 Å². The molecule has 0 saturated heterocycles. The Labute approximate surface area is 112 Å². The molecule has 0 saturated carbocycles. The van der Waals surface area contributed by atoms with Gasteiger partial charge in [-0.2, -0.15) is 5.26 Å². The van der Waals surface area contributed by atoms with E-state index < -0.39 is 11.0 Å². The molecule has 1 unspecified atom stereocenters. The molecule has 0 aromatic heterocycles. The third-order valence-electron chi connectivity index (χ3n) is 2.59. The molecule has 0 aliphatic rings. The molecule has 0 aliphatic heterocycles. The molecule has 0 fully saturated rings. The molecule has 0 aliphatic carbocycles. The molecule has 1 N–H and O–H groups in total. The lowest BCUT2D eigenvalue weighted by molar-refractivity contribution is -0.385. The van der Waals surface area contributed by atoms with E-state index in [1.807, 2.05) is 13.0 Å². The molecule has 1 aromatic rings. The molecule has 1 rings (SSSR count). The number of hydrogen-bond donors (Lipinski definition) is 1. The smallest absolute Gasteiger partial charge is 0.275 e. The molecular formula is C13H17N3O3. The number of rotatable bonds is 8. The van der Waals surface area contributed by atoms with Gasteiger partial charge in [-0.25, -0.2) is 0 Å². The summed E-state index contributed by atoms with van der Waals surface area (Å²) in [5.41, 5.74) is 0.359. The van der Waals surface area contributed by atoms with Gasteiger partial charge in [0.2, 0.25) is 0 Å². The maximum absolute atomic E-state index is 10.9. The second-order valence-electron chi connectivity index (χ2n) is 3.88. The molecule has 0 radical (unpaired) electrons. The summed E-state index contributed by atoms with van der Waals surface area (Å²) in [6, 6.07) is 7.65. The first-order valence-corrected chi connectivity index (χ1v) is 6.14. The third kappa shape index (κ3) is 4.66. The third-order valence-corrected chi connectivity index (χ3v) is 2.59. The molecule has 1 aromatic carbocycles. The second kappa shape index (κ2) is 8.19. The van der Waals surface area contributed by atoms with E-state index in [2.05, 4.69) is 5.32 Å². The summed E-state index contributed by atoms with van der Waals surface area (Å²) >= 11 is 0. The first kappa shape index (κ1) is 15.1. The van der Waals surface area contributed by atoms with Crippen molar-refractivity contribution in [2.75, 3.05) is 19.8 Å². The van der Waals surface area contributed by atoms with Crippen LogP contribution in [0.3, 0.4) is 0 Å². The van der Waals surface area contributed by atoms with Gasteiger partial charge >= 0.3 is 0 Å². The Morgan fingerprint density at radius 2 is 2.26 bits per heavy atom. The van der Waals surface area contributed by atoms with Crippen molar-refractivity contribution in [3.8, 4) is 6.07 Å². The van der Waals surface area contributed by atoms with Crippen LogP contribution in [-0.4, -0.2) is 24.7 Å². The topological polar surface area (TPSA) is 88.2 Å². The largest absolute Gasteiger partial charge is 0.382 e. The number of nitrogens with one attached hydrogen (secondary N) is 1. The summed E-state index contributed by atoms with van der Waals surface area (Å²) in [4.78, 5) is 10.4. The van der Waals surface area contributed by atoms with E-state index in [0.717, 1.165) is 6.42 Å². The minimum absolute atomic E-state index is 0.0358. The fraction of sp³-hybridized carbons (Fsp3) is 0.462. The van der Waals surface area contributed by atoms with Crippen molar-refractivity contribution in [3.05, 3.63) is 39.9 Å². The summed E-state index contributed by atoms with van der Waals surface area (Å²) in [7, 11) is 0. The van der Waals surface area contributed by atoms with Crippen molar-refractivity contribution in [1.82, 2.24) is 5.32 Å². The summed E-state index contributed by atoms with van der Waals surface area (Å²) in [6.45, 7) is 3.76. The molecule has 19 heavy (non-hydrogen) atoms.